The van der Waals surface area contributed by atoms with E-state index in [0.29, 0.717) is 40.2 Å². The highest BCUT2D eigenvalue weighted by atomic mass is 35.5. The van der Waals surface area contributed by atoms with Crippen LogP contribution in [0.15, 0.2) is 55.0 Å². The molecule has 0 aliphatic rings. The topological polar surface area (TPSA) is 116 Å². The third-order valence-corrected chi connectivity index (χ3v) is 5.02. The summed E-state index contributed by atoms with van der Waals surface area (Å²) < 4.78 is 15.1. The van der Waals surface area contributed by atoms with E-state index < -0.39 is 11.8 Å². The molecule has 0 aliphatic heterocycles. The Morgan fingerprint density at radius 1 is 1.22 bits per heavy atom. The minimum atomic E-state index is -0.957. The zero-order valence-electron chi connectivity index (χ0n) is 16.5. The average molecular weight is 451 g/mol. The van der Waals surface area contributed by atoms with Gasteiger partial charge >= 0.3 is 5.97 Å². The third-order valence-electron chi connectivity index (χ3n) is 4.74. The zero-order chi connectivity index (χ0) is 22.7. The van der Waals surface area contributed by atoms with Crippen LogP contribution in [0.3, 0.4) is 0 Å². The van der Waals surface area contributed by atoms with E-state index in [9.17, 15) is 14.4 Å². The molecule has 0 fully saturated rings. The van der Waals surface area contributed by atoms with Crippen LogP contribution in [-0.4, -0.2) is 25.6 Å². The van der Waals surface area contributed by atoms with E-state index in [1.165, 1.54) is 29.0 Å². The van der Waals surface area contributed by atoms with Gasteiger partial charge in [-0.25, -0.2) is 9.37 Å². The van der Waals surface area contributed by atoms with Crippen molar-refractivity contribution in [3.8, 4) is 6.07 Å². The van der Waals surface area contributed by atoms with Crippen LogP contribution < -0.4 is 10.6 Å². The molecule has 4 aromatic rings. The van der Waals surface area contributed by atoms with Crippen molar-refractivity contribution in [1.29, 1.82) is 5.26 Å². The SMILES string of the molecule is N#Cc1cnc2ccc(NCc3nccn3CC(=O)O)cc2c1Nc1ccc(F)c(Cl)c1. The summed E-state index contributed by atoms with van der Waals surface area (Å²) in [7, 11) is 0. The van der Waals surface area contributed by atoms with Gasteiger partial charge in [0.25, 0.3) is 0 Å². The van der Waals surface area contributed by atoms with Crippen molar-refractivity contribution < 1.29 is 14.3 Å². The molecule has 0 radical (unpaired) electrons. The molecule has 0 amide bonds. The maximum Gasteiger partial charge on any atom is 0.323 e. The molecule has 10 heteroatoms. The Labute approximate surface area is 186 Å². The van der Waals surface area contributed by atoms with Gasteiger partial charge in [-0.05, 0) is 36.4 Å². The van der Waals surface area contributed by atoms with Gasteiger partial charge in [0.2, 0.25) is 0 Å². The van der Waals surface area contributed by atoms with Crippen molar-refractivity contribution in [2.24, 2.45) is 0 Å². The molecule has 0 atom stereocenters. The predicted molar refractivity (Wildman–Crippen MR) is 118 cm³/mol. The molecule has 4 rings (SSSR count). The minimum absolute atomic E-state index is 0.0360. The summed E-state index contributed by atoms with van der Waals surface area (Å²) in [6.07, 6.45) is 4.61. The van der Waals surface area contributed by atoms with Gasteiger partial charge < -0.3 is 20.3 Å². The smallest absolute Gasteiger partial charge is 0.323 e. The number of nitriles is 1. The number of carbonyl (C=O) groups is 1. The van der Waals surface area contributed by atoms with Crippen LogP contribution >= 0.6 is 11.6 Å². The van der Waals surface area contributed by atoms with Gasteiger partial charge in [-0.2, -0.15) is 5.26 Å². The number of hydrogen-bond acceptors (Lipinski definition) is 6. The Morgan fingerprint density at radius 2 is 2.03 bits per heavy atom. The Kier molecular flexibility index (Phi) is 5.87. The number of carboxylic acid groups (broad SMARTS) is 1. The molecule has 0 aliphatic carbocycles. The standard InChI is InChI=1S/C22H16ClFN6O2/c23-17-8-15(1-3-18(17)24)29-22-13(9-25)10-28-19-4-2-14(7-16(19)22)27-11-20-26-5-6-30(20)12-21(31)32/h1-8,10,27H,11-12H2,(H,28,29)(H,31,32). The van der Waals surface area contributed by atoms with E-state index in [1.54, 1.807) is 18.5 Å². The van der Waals surface area contributed by atoms with E-state index in [-0.39, 0.29) is 11.6 Å². The lowest BCUT2D eigenvalue weighted by molar-refractivity contribution is -0.137. The van der Waals surface area contributed by atoms with Crippen LogP contribution in [0.4, 0.5) is 21.5 Å². The fourth-order valence-corrected chi connectivity index (χ4v) is 3.40. The minimum Gasteiger partial charge on any atom is -0.480 e. The zero-order valence-corrected chi connectivity index (χ0v) is 17.3. The number of imidazole rings is 1. The summed E-state index contributed by atoms with van der Waals surface area (Å²) in [5.74, 6) is -0.928. The highest BCUT2D eigenvalue weighted by Crippen LogP contribution is 2.32. The van der Waals surface area contributed by atoms with Gasteiger partial charge in [0, 0.05) is 35.4 Å². The van der Waals surface area contributed by atoms with E-state index in [4.69, 9.17) is 16.7 Å². The number of aromatic nitrogens is 3. The summed E-state index contributed by atoms with van der Waals surface area (Å²) in [5.41, 5.74) is 2.72. The lowest BCUT2D eigenvalue weighted by atomic mass is 10.1. The fourth-order valence-electron chi connectivity index (χ4n) is 3.22. The molecule has 0 saturated heterocycles. The second-order valence-electron chi connectivity index (χ2n) is 6.86. The van der Waals surface area contributed by atoms with Crippen molar-refractivity contribution in [1.82, 2.24) is 14.5 Å². The number of halogens is 2. The number of anilines is 3. The van der Waals surface area contributed by atoms with Crippen LogP contribution in [0.2, 0.25) is 5.02 Å². The summed E-state index contributed by atoms with van der Waals surface area (Å²) >= 11 is 5.88. The quantitative estimate of drug-likeness (QED) is 0.378. The van der Waals surface area contributed by atoms with Gasteiger partial charge in [0.05, 0.1) is 28.3 Å². The number of hydrogen-bond donors (Lipinski definition) is 3. The molecule has 160 valence electrons. The Balaban J connectivity index is 1.66. The Hall–Kier alpha value is -4.16. The van der Waals surface area contributed by atoms with Crippen molar-refractivity contribution in [2.75, 3.05) is 10.6 Å². The van der Waals surface area contributed by atoms with Crippen LogP contribution in [0, 0.1) is 17.1 Å². The number of rotatable bonds is 7. The van der Waals surface area contributed by atoms with Crippen LogP contribution in [0.25, 0.3) is 10.9 Å². The lowest BCUT2D eigenvalue weighted by Crippen LogP contribution is -2.13. The third kappa shape index (κ3) is 4.45. The number of aliphatic carboxylic acids is 1. The van der Waals surface area contributed by atoms with Crippen LogP contribution in [0.1, 0.15) is 11.4 Å². The number of fused-ring (bicyclic) bond motifs is 1. The van der Waals surface area contributed by atoms with E-state index in [1.807, 2.05) is 12.1 Å². The molecule has 2 aromatic carbocycles. The average Bonchev–Trinajstić information content (AvgIpc) is 3.21. The second-order valence-corrected chi connectivity index (χ2v) is 7.27. The summed E-state index contributed by atoms with van der Waals surface area (Å²) in [4.78, 5) is 19.5. The molecular weight excluding hydrogens is 435 g/mol. The molecule has 2 heterocycles. The second kappa shape index (κ2) is 8.91. The maximum absolute atomic E-state index is 13.5. The van der Waals surface area contributed by atoms with E-state index in [0.717, 1.165) is 5.69 Å². The molecule has 3 N–H and O–H groups in total. The van der Waals surface area contributed by atoms with Gasteiger partial charge in [0.1, 0.15) is 24.3 Å². The summed E-state index contributed by atoms with van der Waals surface area (Å²) in [6, 6.07) is 11.8. The molecule has 0 unspecified atom stereocenters. The van der Waals surface area contributed by atoms with Crippen LogP contribution in [0.5, 0.6) is 0 Å². The van der Waals surface area contributed by atoms with Crippen molar-refractivity contribution in [3.05, 3.63) is 77.2 Å². The number of nitrogens with one attached hydrogen (secondary N) is 2. The maximum atomic E-state index is 13.5. The van der Waals surface area contributed by atoms with E-state index >= 15 is 0 Å². The number of carboxylic acids is 1. The van der Waals surface area contributed by atoms with Crippen molar-refractivity contribution >= 4 is 45.5 Å². The Bertz CT molecular complexity index is 1360. The molecule has 32 heavy (non-hydrogen) atoms. The molecule has 0 bridgehead atoms. The summed E-state index contributed by atoms with van der Waals surface area (Å²) in [6.45, 7) is 0.117. The highest BCUT2D eigenvalue weighted by molar-refractivity contribution is 6.31. The first-order chi connectivity index (χ1) is 15.4. The molecule has 0 saturated carbocycles. The first kappa shape index (κ1) is 21.1. The number of benzene rings is 2. The Morgan fingerprint density at radius 3 is 2.78 bits per heavy atom. The predicted octanol–water partition coefficient (Wildman–Crippen LogP) is 4.54. The van der Waals surface area contributed by atoms with Crippen molar-refractivity contribution in [2.45, 2.75) is 13.1 Å². The van der Waals surface area contributed by atoms with Gasteiger partial charge in [-0.3, -0.25) is 9.78 Å². The molecule has 2 aromatic heterocycles. The first-order valence-corrected chi connectivity index (χ1v) is 9.83. The number of pyridine rings is 1. The lowest BCUT2D eigenvalue weighted by Gasteiger charge is -2.14. The highest BCUT2D eigenvalue weighted by Gasteiger charge is 2.12. The van der Waals surface area contributed by atoms with Crippen molar-refractivity contribution in [3.63, 3.8) is 0 Å². The van der Waals surface area contributed by atoms with E-state index in [2.05, 4.69) is 26.7 Å². The largest absolute Gasteiger partial charge is 0.480 e. The van der Waals surface area contributed by atoms with Gasteiger partial charge in [0.15, 0.2) is 0 Å². The van der Waals surface area contributed by atoms with Gasteiger partial charge in [-0.1, -0.05) is 11.6 Å². The molecule has 0 spiro atoms. The summed E-state index contributed by atoms with van der Waals surface area (Å²) in [5, 5.41) is 25.6. The number of nitrogens with zero attached hydrogens (tertiary/aromatic N) is 4. The first-order valence-electron chi connectivity index (χ1n) is 9.45. The molecule has 8 nitrogen and oxygen atoms in total. The molecular formula is C22H16ClFN6O2. The van der Waals surface area contributed by atoms with Gasteiger partial charge in [-0.15, -0.1) is 0 Å². The monoisotopic (exact) mass is 450 g/mol. The van der Waals surface area contributed by atoms with Crippen LogP contribution in [-0.2, 0) is 17.9 Å². The normalized spacial score (nSPS) is 10.7. The fraction of sp³-hybridized carbons (Fsp3) is 0.0909.